The number of hydrogen-bond donors (Lipinski definition) is 2. The van der Waals surface area contributed by atoms with E-state index in [9.17, 15) is 5.11 Å². The van der Waals surface area contributed by atoms with Crippen molar-refractivity contribution in [3.8, 4) is 11.5 Å². The second-order valence-electron chi connectivity index (χ2n) is 5.66. The molecule has 0 spiro atoms. The molecule has 1 atom stereocenters. The fourth-order valence-electron chi connectivity index (χ4n) is 2.45. The van der Waals surface area contributed by atoms with E-state index in [1.807, 2.05) is 24.3 Å². The molecule has 1 heterocycles. The van der Waals surface area contributed by atoms with Gasteiger partial charge in [0.15, 0.2) is 11.5 Å². The maximum absolute atomic E-state index is 10.1. The average Bonchev–Trinajstić information content (AvgIpc) is 2.55. The molecule has 5 heteroatoms. The predicted octanol–water partition coefficient (Wildman–Crippen LogP) is 1.51. The van der Waals surface area contributed by atoms with Gasteiger partial charge in [-0.15, -0.1) is 0 Å². The van der Waals surface area contributed by atoms with Crippen LogP contribution in [0.2, 0.25) is 0 Å². The topological polar surface area (TPSA) is 54.0 Å². The van der Waals surface area contributed by atoms with Crippen LogP contribution in [0.25, 0.3) is 0 Å². The van der Waals surface area contributed by atoms with E-state index in [4.69, 9.17) is 9.47 Å². The molecular formula is C17H28N2O3. The van der Waals surface area contributed by atoms with Gasteiger partial charge < -0.3 is 19.9 Å². The van der Waals surface area contributed by atoms with E-state index in [0.717, 1.165) is 44.8 Å². The molecule has 1 saturated heterocycles. The van der Waals surface area contributed by atoms with Crippen molar-refractivity contribution < 1.29 is 14.6 Å². The predicted molar refractivity (Wildman–Crippen MR) is 87.7 cm³/mol. The first-order chi connectivity index (χ1) is 10.8. The van der Waals surface area contributed by atoms with Gasteiger partial charge in [-0.05, 0) is 18.6 Å². The van der Waals surface area contributed by atoms with Crippen LogP contribution in [0, 0.1) is 0 Å². The molecule has 1 aliphatic rings. The van der Waals surface area contributed by atoms with Crippen molar-refractivity contribution in [2.24, 2.45) is 0 Å². The minimum atomic E-state index is -0.484. The van der Waals surface area contributed by atoms with E-state index in [2.05, 4.69) is 17.1 Å². The number of aliphatic hydroxyl groups excluding tert-OH is 1. The third-order valence-electron chi connectivity index (χ3n) is 3.71. The average molecular weight is 308 g/mol. The molecule has 22 heavy (non-hydrogen) atoms. The van der Waals surface area contributed by atoms with E-state index in [1.165, 1.54) is 0 Å². The third-order valence-corrected chi connectivity index (χ3v) is 3.71. The highest BCUT2D eigenvalue weighted by atomic mass is 16.5. The minimum absolute atomic E-state index is 0.290. The molecule has 1 fully saturated rings. The second-order valence-corrected chi connectivity index (χ2v) is 5.66. The Morgan fingerprint density at radius 2 is 1.86 bits per heavy atom. The largest absolute Gasteiger partial charge is 0.490 e. The van der Waals surface area contributed by atoms with Crippen molar-refractivity contribution >= 4 is 0 Å². The van der Waals surface area contributed by atoms with Crippen LogP contribution >= 0.6 is 0 Å². The third kappa shape index (κ3) is 5.83. The van der Waals surface area contributed by atoms with Crippen molar-refractivity contribution in [2.45, 2.75) is 25.9 Å². The van der Waals surface area contributed by atoms with Gasteiger partial charge in [0.05, 0.1) is 6.61 Å². The number of unbranched alkanes of at least 4 members (excludes halogenated alkanes) is 1. The number of benzene rings is 1. The Hall–Kier alpha value is -1.30. The molecule has 0 radical (unpaired) electrons. The first kappa shape index (κ1) is 17.1. The number of nitrogens with one attached hydrogen (secondary N) is 1. The molecule has 1 unspecified atom stereocenters. The molecular weight excluding hydrogens is 280 g/mol. The maximum Gasteiger partial charge on any atom is 0.161 e. The first-order valence-corrected chi connectivity index (χ1v) is 8.25. The zero-order valence-corrected chi connectivity index (χ0v) is 13.5. The van der Waals surface area contributed by atoms with Crippen molar-refractivity contribution in [3.05, 3.63) is 24.3 Å². The van der Waals surface area contributed by atoms with Crippen molar-refractivity contribution in [2.75, 3.05) is 45.9 Å². The minimum Gasteiger partial charge on any atom is -0.490 e. The van der Waals surface area contributed by atoms with Gasteiger partial charge in [0.25, 0.3) is 0 Å². The van der Waals surface area contributed by atoms with E-state index in [1.54, 1.807) is 0 Å². The molecule has 124 valence electrons. The molecule has 0 amide bonds. The van der Waals surface area contributed by atoms with Crippen LogP contribution < -0.4 is 14.8 Å². The van der Waals surface area contributed by atoms with Crippen molar-refractivity contribution in [3.63, 3.8) is 0 Å². The van der Waals surface area contributed by atoms with Gasteiger partial charge in [-0.25, -0.2) is 0 Å². The van der Waals surface area contributed by atoms with Gasteiger partial charge in [0.2, 0.25) is 0 Å². The van der Waals surface area contributed by atoms with Gasteiger partial charge >= 0.3 is 0 Å². The first-order valence-electron chi connectivity index (χ1n) is 8.25. The Labute approximate surface area is 133 Å². The highest BCUT2D eigenvalue weighted by Crippen LogP contribution is 2.26. The van der Waals surface area contributed by atoms with Crippen LogP contribution in [-0.2, 0) is 0 Å². The zero-order valence-electron chi connectivity index (χ0n) is 13.5. The summed E-state index contributed by atoms with van der Waals surface area (Å²) in [5.74, 6) is 1.46. The number of piperazine rings is 1. The lowest BCUT2D eigenvalue weighted by molar-refractivity contribution is 0.0629. The summed E-state index contributed by atoms with van der Waals surface area (Å²) in [5.41, 5.74) is 0. The fourth-order valence-corrected chi connectivity index (χ4v) is 2.45. The molecule has 5 nitrogen and oxygen atoms in total. The Morgan fingerprint density at radius 1 is 1.18 bits per heavy atom. The summed E-state index contributed by atoms with van der Waals surface area (Å²) in [4.78, 5) is 2.26. The molecule has 1 aliphatic heterocycles. The SMILES string of the molecule is CCCCOc1ccccc1OCC(O)CN1CCNCC1. The van der Waals surface area contributed by atoms with Crippen LogP contribution in [0.1, 0.15) is 19.8 Å². The van der Waals surface area contributed by atoms with Gasteiger partial charge in [0.1, 0.15) is 12.7 Å². The van der Waals surface area contributed by atoms with Gasteiger partial charge in [0, 0.05) is 32.7 Å². The monoisotopic (exact) mass is 308 g/mol. The molecule has 2 N–H and O–H groups in total. The van der Waals surface area contributed by atoms with E-state index in [0.29, 0.717) is 18.9 Å². The Balaban J connectivity index is 1.77. The van der Waals surface area contributed by atoms with Crippen LogP contribution in [0.4, 0.5) is 0 Å². The number of rotatable bonds is 9. The standard InChI is InChI=1S/C17H28N2O3/c1-2-3-12-21-16-6-4-5-7-17(16)22-14-15(20)13-19-10-8-18-9-11-19/h4-7,15,18,20H,2-3,8-14H2,1H3. The lowest BCUT2D eigenvalue weighted by Gasteiger charge is -2.29. The maximum atomic E-state index is 10.1. The van der Waals surface area contributed by atoms with E-state index >= 15 is 0 Å². The Kier molecular flexibility index (Phi) is 7.49. The van der Waals surface area contributed by atoms with Crippen LogP contribution in [0.15, 0.2) is 24.3 Å². The molecule has 0 aromatic heterocycles. The van der Waals surface area contributed by atoms with E-state index in [-0.39, 0.29) is 6.61 Å². The smallest absolute Gasteiger partial charge is 0.161 e. The number of ether oxygens (including phenoxy) is 2. The molecule has 0 saturated carbocycles. The highest BCUT2D eigenvalue weighted by Gasteiger charge is 2.15. The Bertz CT molecular complexity index is 422. The second kappa shape index (κ2) is 9.66. The lowest BCUT2D eigenvalue weighted by Crippen LogP contribution is -2.47. The van der Waals surface area contributed by atoms with Crippen molar-refractivity contribution in [1.82, 2.24) is 10.2 Å². The normalized spacial score (nSPS) is 17.2. The number of nitrogens with zero attached hydrogens (tertiary/aromatic N) is 1. The van der Waals surface area contributed by atoms with Crippen LogP contribution in [0.3, 0.4) is 0 Å². The molecule has 1 aromatic carbocycles. The Morgan fingerprint density at radius 3 is 2.55 bits per heavy atom. The van der Waals surface area contributed by atoms with Gasteiger partial charge in [-0.1, -0.05) is 25.5 Å². The molecule has 1 aromatic rings. The highest BCUT2D eigenvalue weighted by molar-refractivity contribution is 5.39. The zero-order chi connectivity index (χ0) is 15.6. The quantitative estimate of drug-likeness (QED) is 0.677. The molecule has 2 rings (SSSR count). The summed E-state index contributed by atoms with van der Waals surface area (Å²) in [6, 6.07) is 7.66. The number of para-hydroxylation sites is 2. The number of β-amino-alcohol motifs (C(OH)–C–C–N with tert-alkyl or cyclic N) is 1. The van der Waals surface area contributed by atoms with Gasteiger partial charge in [-0.3, -0.25) is 4.90 Å². The summed E-state index contributed by atoms with van der Waals surface area (Å²) in [7, 11) is 0. The summed E-state index contributed by atoms with van der Waals surface area (Å²) in [6.07, 6.45) is 1.65. The van der Waals surface area contributed by atoms with Crippen LogP contribution in [0.5, 0.6) is 11.5 Å². The molecule has 0 bridgehead atoms. The van der Waals surface area contributed by atoms with E-state index < -0.39 is 6.10 Å². The summed E-state index contributed by atoms with van der Waals surface area (Å²) < 4.78 is 11.5. The molecule has 0 aliphatic carbocycles. The van der Waals surface area contributed by atoms with Crippen molar-refractivity contribution in [1.29, 1.82) is 0 Å². The summed E-state index contributed by atoms with van der Waals surface area (Å²) >= 11 is 0. The summed E-state index contributed by atoms with van der Waals surface area (Å²) in [6.45, 7) is 7.71. The van der Waals surface area contributed by atoms with Crippen LogP contribution in [-0.4, -0.2) is 62.0 Å². The van der Waals surface area contributed by atoms with Gasteiger partial charge in [-0.2, -0.15) is 0 Å². The summed E-state index contributed by atoms with van der Waals surface area (Å²) in [5, 5.41) is 13.4. The fraction of sp³-hybridized carbons (Fsp3) is 0.647. The number of hydrogen-bond acceptors (Lipinski definition) is 5. The number of aliphatic hydroxyl groups is 1. The lowest BCUT2D eigenvalue weighted by atomic mass is 10.3.